The number of amides is 1. The number of thioether (sulfide) groups is 1. The van der Waals surface area contributed by atoms with Crippen molar-refractivity contribution < 1.29 is 4.79 Å². The summed E-state index contributed by atoms with van der Waals surface area (Å²) in [5.41, 5.74) is 4.46. The van der Waals surface area contributed by atoms with Crippen LogP contribution in [0.1, 0.15) is 60.0 Å². The second-order valence-electron chi connectivity index (χ2n) is 7.35. The number of anilines is 1. The maximum absolute atomic E-state index is 12.8. The molecule has 1 fully saturated rings. The third-order valence-electron chi connectivity index (χ3n) is 5.06. The second-order valence-corrected chi connectivity index (χ2v) is 8.92. The molecule has 7 heteroatoms. The van der Waals surface area contributed by atoms with E-state index in [1.165, 1.54) is 5.56 Å². The van der Waals surface area contributed by atoms with Crippen LogP contribution in [0.4, 0.5) is 5.69 Å². The van der Waals surface area contributed by atoms with Gasteiger partial charge in [0.05, 0.1) is 11.7 Å². The zero-order valence-electron chi connectivity index (χ0n) is 16.6. The third-order valence-corrected chi connectivity index (χ3v) is 6.21. The Morgan fingerprint density at radius 1 is 1.33 bits per heavy atom. The molecule has 1 amide bonds. The van der Waals surface area contributed by atoms with Crippen LogP contribution in [-0.2, 0) is 5.75 Å². The van der Waals surface area contributed by atoms with Crippen LogP contribution in [0.5, 0.6) is 0 Å². The Morgan fingerprint density at radius 2 is 2.07 bits per heavy atom. The summed E-state index contributed by atoms with van der Waals surface area (Å²) in [7, 11) is 0. The van der Waals surface area contributed by atoms with Gasteiger partial charge >= 0.3 is 0 Å². The average molecular weight is 388 g/mol. The Kier molecular flexibility index (Phi) is 6.55. The number of rotatable bonds is 6. The zero-order chi connectivity index (χ0) is 19.4. The highest BCUT2D eigenvalue weighted by Gasteiger charge is 2.23. The summed E-state index contributed by atoms with van der Waals surface area (Å²) in [5.74, 6) is 0.752. The number of benzene rings is 1. The van der Waals surface area contributed by atoms with Crippen LogP contribution in [0.15, 0.2) is 18.2 Å². The predicted octanol–water partition coefficient (Wildman–Crippen LogP) is 3.71. The van der Waals surface area contributed by atoms with E-state index in [0.717, 1.165) is 48.6 Å². The van der Waals surface area contributed by atoms with Crippen molar-refractivity contribution in [2.75, 3.05) is 18.4 Å². The maximum Gasteiger partial charge on any atom is 0.278 e. The molecule has 0 aliphatic carbocycles. The molecule has 1 aromatic heterocycles. The first-order valence-corrected chi connectivity index (χ1v) is 10.7. The molecule has 2 aromatic rings. The van der Waals surface area contributed by atoms with Gasteiger partial charge in [0.15, 0.2) is 5.69 Å². The van der Waals surface area contributed by atoms with Gasteiger partial charge in [-0.15, -0.1) is 5.10 Å². The molecule has 2 N–H and O–H groups in total. The smallest absolute Gasteiger partial charge is 0.278 e. The van der Waals surface area contributed by atoms with Crippen molar-refractivity contribution in [1.82, 2.24) is 20.3 Å². The van der Waals surface area contributed by atoms with Crippen LogP contribution in [0.25, 0.3) is 0 Å². The number of carbonyl (C=O) groups excluding carboxylic acids is 1. The molecular weight excluding hydrogens is 358 g/mol. The number of hydrogen-bond donors (Lipinski definition) is 2. The molecule has 1 aliphatic rings. The molecule has 1 saturated heterocycles. The molecule has 6 nitrogen and oxygen atoms in total. The number of nitrogens with one attached hydrogen (secondary N) is 2. The van der Waals surface area contributed by atoms with Gasteiger partial charge < -0.3 is 10.6 Å². The quantitative estimate of drug-likeness (QED) is 0.790. The Labute approximate surface area is 165 Å². The molecule has 1 aliphatic heterocycles. The van der Waals surface area contributed by atoms with Gasteiger partial charge in [-0.2, -0.15) is 11.8 Å². The van der Waals surface area contributed by atoms with E-state index in [1.54, 1.807) is 0 Å². The minimum atomic E-state index is -0.190. The normalized spacial score (nSPS) is 15.3. The second kappa shape index (κ2) is 8.89. The molecule has 27 heavy (non-hydrogen) atoms. The highest BCUT2D eigenvalue weighted by atomic mass is 32.2. The molecule has 1 aromatic carbocycles. The van der Waals surface area contributed by atoms with Crippen molar-refractivity contribution in [2.24, 2.45) is 0 Å². The van der Waals surface area contributed by atoms with E-state index >= 15 is 0 Å². The van der Waals surface area contributed by atoms with Gasteiger partial charge in [-0.05, 0) is 62.2 Å². The lowest BCUT2D eigenvalue weighted by Crippen LogP contribution is -2.30. The average Bonchev–Trinajstić information content (AvgIpc) is 3.04. The molecule has 0 unspecified atom stereocenters. The van der Waals surface area contributed by atoms with E-state index in [4.69, 9.17) is 0 Å². The number of aromatic nitrogens is 3. The van der Waals surface area contributed by atoms with E-state index < -0.39 is 0 Å². The van der Waals surface area contributed by atoms with Crippen LogP contribution in [0.3, 0.4) is 0 Å². The van der Waals surface area contributed by atoms with Crippen LogP contribution in [0.2, 0.25) is 0 Å². The van der Waals surface area contributed by atoms with Crippen LogP contribution in [0, 0.1) is 13.8 Å². The van der Waals surface area contributed by atoms with E-state index in [9.17, 15) is 4.79 Å². The SMILES string of the molecule is Cc1c(CSC(C)C)cccc1NC(=O)c1nnn(C2CCNCC2)c1C. The lowest BCUT2D eigenvalue weighted by Gasteiger charge is -2.23. The van der Waals surface area contributed by atoms with Gasteiger partial charge in [0.2, 0.25) is 0 Å². The number of piperidine rings is 1. The minimum absolute atomic E-state index is 0.190. The number of hydrogen-bond acceptors (Lipinski definition) is 5. The van der Waals surface area contributed by atoms with Gasteiger partial charge in [0, 0.05) is 11.4 Å². The van der Waals surface area contributed by atoms with E-state index in [0.29, 0.717) is 17.0 Å². The van der Waals surface area contributed by atoms with E-state index in [2.05, 4.69) is 47.8 Å². The highest BCUT2D eigenvalue weighted by molar-refractivity contribution is 7.99. The third kappa shape index (κ3) is 4.71. The lowest BCUT2D eigenvalue weighted by atomic mass is 10.1. The van der Waals surface area contributed by atoms with Crippen molar-refractivity contribution in [1.29, 1.82) is 0 Å². The van der Waals surface area contributed by atoms with Gasteiger partial charge in [-0.1, -0.05) is 31.2 Å². The van der Waals surface area contributed by atoms with Gasteiger partial charge in [-0.3, -0.25) is 4.79 Å². The molecule has 146 valence electrons. The monoisotopic (exact) mass is 387 g/mol. The molecule has 2 heterocycles. The Morgan fingerprint density at radius 3 is 2.78 bits per heavy atom. The van der Waals surface area contributed by atoms with Crippen molar-refractivity contribution in [2.45, 2.75) is 57.6 Å². The fraction of sp³-hybridized carbons (Fsp3) is 0.550. The summed E-state index contributed by atoms with van der Waals surface area (Å²) in [6, 6.07) is 6.39. The summed E-state index contributed by atoms with van der Waals surface area (Å²) in [6.45, 7) is 10.3. The fourth-order valence-electron chi connectivity index (χ4n) is 3.36. The molecule has 0 spiro atoms. The summed E-state index contributed by atoms with van der Waals surface area (Å²) < 4.78 is 1.91. The maximum atomic E-state index is 12.8. The van der Waals surface area contributed by atoms with E-state index in [1.807, 2.05) is 35.5 Å². The molecule has 0 atom stereocenters. The van der Waals surface area contributed by atoms with Crippen LogP contribution < -0.4 is 10.6 Å². The molecule has 3 rings (SSSR count). The predicted molar refractivity (Wildman–Crippen MR) is 111 cm³/mol. The molecule has 0 bridgehead atoms. The fourth-order valence-corrected chi connectivity index (χ4v) is 4.19. The molecule has 0 saturated carbocycles. The molecule has 0 radical (unpaired) electrons. The Bertz CT molecular complexity index is 796. The first kappa shape index (κ1) is 19.9. The summed E-state index contributed by atoms with van der Waals surface area (Å²) in [6.07, 6.45) is 2.03. The topological polar surface area (TPSA) is 71.8 Å². The number of carbonyl (C=O) groups is 1. The summed E-state index contributed by atoms with van der Waals surface area (Å²) in [4.78, 5) is 12.8. The van der Waals surface area contributed by atoms with Crippen molar-refractivity contribution in [3.8, 4) is 0 Å². The first-order valence-electron chi connectivity index (χ1n) is 9.61. The first-order chi connectivity index (χ1) is 13.0. The Balaban J connectivity index is 1.74. The van der Waals surface area contributed by atoms with Crippen LogP contribution in [-0.4, -0.2) is 39.2 Å². The van der Waals surface area contributed by atoms with Crippen molar-refractivity contribution in [3.63, 3.8) is 0 Å². The standard InChI is InChI=1S/C20H29N5OS/c1-13(2)27-12-16-6-5-7-18(14(16)3)22-20(26)19-15(4)25(24-23-19)17-8-10-21-11-9-17/h5-7,13,17,21H,8-12H2,1-4H3,(H,22,26). The van der Waals surface area contributed by atoms with E-state index in [-0.39, 0.29) is 5.91 Å². The van der Waals surface area contributed by atoms with Crippen LogP contribution >= 0.6 is 11.8 Å². The highest BCUT2D eigenvalue weighted by Crippen LogP contribution is 2.26. The van der Waals surface area contributed by atoms with Gasteiger partial charge in [-0.25, -0.2) is 4.68 Å². The largest absolute Gasteiger partial charge is 0.320 e. The van der Waals surface area contributed by atoms with Crippen molar-refractivity contribution in [3.05, 3.63) is 40.7 Å². The van der Waals surface area contributed by atoms with Crippen molar-refractivity contribution >= 4 is 23.4 Å². The zero-order valence-corrected chi connectivity index (χ0v) is 17.4. The molecular formula is C20H29N5OS. The van der Waals surface area contributed by atoms with Gasteiger partial charge in [0.1, 0.15) is 0 Å². The summed E-state index contributed by atoms with van der Waals surface area (Å²) >= 11 is 1.90. The number of nitrogens with zero attached hydrogens (tertiary/aromatic N) is 3. The lowest BCUT2D eigenvalue weighted by molar-refractivity contribution is 0.102. The minimum Gasteiger partial charge on any atom is -0.320 e. The summed E-state index contributed by atoms with van der Waals surface area (Å²) in [5, 5.41) is 15.4. The van der Waals surface area contributed by atoms with Gasteiger partial charge in [0.25, 0.3) is 5.91 Å². The Hall–Kier alpha value is -1.86.